The molecule has 0 bridgehead atoms. The molecule has 0 aliphatic carbocycles. The molecule has 0 aliphatic rings. The number of hydrazine groups is 1. The second kappa shape index (κ2) is 6.49. The number of thiophene rings is 1. The second-order valence-electron chi connectivity index (χ2n) is 4.68. The summed E-state index contributed by atoms with van der Waals surface area (Å²) in [5.74, 6) is 5.22. The summed E-state index contributed by atoms with van der Waals surface area (Å²) in [7, 11) is 0. The number of rotatable bonds is 5. The van der Waals surface area contributed by atoms with Crippen molar-refractivity contribution >= 4 is 22.9 Å². The first kappa shape index (κ1) is 14.5. The Labute approximate surface area is 122 Å². The van der Waals surface area contributed by atoms with Crippen LogP contribution in [0.3, 0.4) is 0 Å². The van der Waals surface area contributed by atoms with Crippen LogP contribution in [0.4, 0.5) is 5.69 Å². The highest BCUT2D eigenvalue weighted by atomic mass is 32.1. The lowest BCUT2D eigenvalue weighted by atomic mass is 10.2. The first-order valence-corrected chi connectivity index (χ1v) is 7.26. The van der Waals surface area contributed by atoms with Gasteiger partial charge in [-0.15, -0.1) is 11.3 Å². The molecule has 0 radical (unpaired) electrons. The molecule has 0 spiro atoms. The maximum Gasteiger partial charge on any atom is 0.273 e. The lowest BCUT2D eigenvalue weighted by Gasteiger charge is -2.26. The maximum absolute atomic E-state index is 12.5. The highest BCUT2D eigenvalue weighted by Gasteiger charge is 2.20. The zero-order chi connectivity index (χ0) is 14.5. The van der Waals surface area contributed by atoms with Crippen LogP contribution in [0.25, 0.3) is 0 Å². The molecule has 1 amide bonds. The van der Waals surface area contributed by atoms with Gasteiger partial charge in [0.15, 0.2) is 0 Å². The molecule has 0 saturated carbocycles. The Hall–Kier alpha value is -1.92. The molecular formula is C14H18N4OS. The van der Waals surface area contributed by atoms with Crippen LogP contribution >= 0.6 is 11.3 Å². The number of nitrogen functional groups attached to an aromatic ring is 1. The zero-order valence-electron chi connectivity index (χ0n) is 11.5. The fraction of sp³-hybridized carbons (Fsp3) is 0.286. The van der Waals surface area contributed by atoms with Gasteiger partial charge in [-0.2, -0.15) is 0 Å². The van der Waals surface area contributed by atoms with Crippen LogP contribution in [-0.2, 0) is 6.54 Å². The number of pyridine rings is 1. The van der Waals surface area contributed by atoms with Crippen LogP contribution in [0.1, 0.15) is 29.2 Å². The minimum Gasteiger partial charge on any atom is -0.330 e. The summed E-state index contributed by atoms with van der Waals surface area (Å²) in [5.41, 5.74) is 3.60. The van der Waals surface area contributed by atoms with Crippen LogP contribution in [0, 0.1) is 0 Å². The van der Waals surface area contributed by atoms with Gasteiger partial charge in [0.05, 0.1) is 18.4 Å². The Bertz CT molecular complexity index is 551. The van der Waals surface area contributed by atoms with E-state index in [-0.39, 0.29) is 11.9 Å². The molecule has 2 rings (SSSR count). The predicted octanol–water partition coefficient (Wildman–Crippen LogP) is 2.48. The van der Waals surface area contributed by atoms with Crippen molar-refractivity contribution in [2.45, 2.75) is 26.4 Å². The van der Waals surface area contributed by atoms with Crippen LogP contribution in [-0.4, -0.2) is 21.8 Å². The molecule has 0 saturated heterocycles. The number of carbonyl (C=O) groups excluding carboxylic acids is 1. The standard InChI is InChI=1S/C14H18N4OS/c1-10(2)18(9-12-4-3-7-20-12)14(19)13-6-5-11(17-15)8-16-13/h3-8,10,17H,9,15H2,1-2H3. The van der Waals surface area contributed by atoms with Crippen molar-refractivity contribution in [1.82, 2.24) is 9.88 Å². The Morgan fingerprint density at radius 2 is 2.25 bits per heavy atom. The van der Waals surface area contributed by atoms with E-state index in [0.717, 1.165) is 4.88 Å². The highest BCUT2D eigenvalue weighted by Crippen LogP contribution is 2.16. The SMILES string of the molecule is CC(C)N(Cc1cccs1)C(=O)c1ccc(NN)cn1. The summed E-state index contributed by atoms with van der Waals surface area (Å²) in [4.78, 5) is 19.6. The number of nitrogens with two attached hydrogens (primary N) is 1. The third kappa shape index (κ3) is 3.34. The van der Waals surface area contributed by atoms with Crippen molar-refractivity contribution in [3.8, 4) is 0 Å². The van der Waals surface area contributed by atoms with Gasteiger partial charge in [-0.05, 0) is 37.4 Å². The normalized spacial score (nSPS) is 10.6. The smallest absolute Gasteiger partial charge is 0.273 e. The van der Waals surface area contributed by atoms with Crippen molar-refractivity contribution in [2.24, 2.45) is 5.84 Å². The van der Waals surface area contributed by atoms with Gasteiger partial charge in [-0.1, -0.05) is 6.07 Å². The molecule has 0 atom stereocenters. The monoisotopic (exact) mass is 290 g/mol. The summed E-state index contributed by atoms with van der Waals surface area (Å²) < 4.78 is 0. The average molecular weight is 290 g/mol. The molecule has 2 heterocycles. The van der Waals surface area contributed by atoms with Crippen LogP contribution in [0.2, 0.25) is 0 Å². The van der Waals surface area contributed by atoms with Gasteiger partial charge < -0.3 is 10.3 Å². The van der Waals surface area contributed by atoms with Crippen LogP contribution in [0.15, 0.2) is 35.8 Å². The van der Waals surface area contributed by atoms with Gasteiger partial charge in [-0.3, -0.25) is 10.6 Å². The van der Waals surface area contributed by atoms with E-state index >= 15 is 0 Å². The molecule has 0 unspecified atom stereocenters. The largest absolute Gasteiger partial charge is 0.330 e. The average Bonchev–Trinajstić information content (AvgIpc) is 2.97. The van der Waals surface area contributed by atoms with E-state index in [9.17, 15) is 4.79 Å². The summed E-state index contributed by atoms with van der Waals surface area (Å²) in [6, 6.07) is 7.55. The van der Waals surface area contributed by atoms with Crippen LogP contribution < -0.4 is 11.3 Å². The Morgan fingerprint density at radius 3 is 2.75 bits per heavy atom. The molecule has 5 nitrogen and oxygen atoms in total. The number of hydrogen-bond donors (Lipinski definition) is 2. The van der Waals surface area contributed by atoms with E-state index in [2.05, 4.69) is 10.4 Å². The Balaban J connectivity index is 2.17. The molecule has 2 aromatic rings. The van der Waals surface area contributed by atoms with Crippen LogP contribution in [0.5, 0.6) is 0 Å². The molecule has 6 heteroatoms. The third-order valence-electron chi connectivity index (χ3n) is 2.94. The molecule has 20 heavy (non-hydrogen) atoms. The summed E-state index contributed by atoms with van der Waals surface area (Å²) in [6.45, 7) is 4.61. The lowest BCUT2D eigenvalue weighted by molar-refractivity contribution is 0.0686. The zero-order valence-corrected chi connectivity index (χ0v) is 12.4. The van der Waals surface area contributed by atoms with E-state index in [4.69, 9.17) is 5.84 Å². The van der Waals surface area contributed by atoms with E-state index < -0.39 is 0 Å². The Morgan fingerprint density at radius 1 is 1.45 bits per heavy atom. The number of amides is 1. The molecule has 0 aliphatic heterocycles. The van der Waals surface area contributed by atoms with E-state index in [1.54, 1.807) is 29.7 Å². The first-order valence-electron chi connectivity index (χ1n) is 6.38. The molecule has 0 aromatic carbocycles. The van der Waals surface area contributed by atoms with Gasteiger partial charge in [-0.25, -0.2) is 4.98 Å². The van der Waals surface area contributed by atoms with E-state index in [1.807, 2.05) is 36.3 Å². The van der Waals surface area contributed by atoms with Crippen molar-refractivity contribution in [2.75, 3.05) is 5.43 Å². The first-order chi connectivity index (χ1) is 9.61. The minimum absolute atomic E-state index is 0.0722. The van der Waals surface area contributed by atoms with Gasteiger partial charge in [0, 0.05) is 10.9 Å². The number of nitrogens with zero attached hydrogens (tertiary/aromatic N) is 2. The Kier molecular flexibility index (Phi) is 4.70. The fourth-order valence-electron chi connectivity index (χ4n) is 1.81. The molecular weight excluding hydrogens is 272 g/mol. The molecule has 2 aromatic heterocycles. The summed E-state index contributed by atoms with van der Waals surface area (Å²) in [6.07, 6.45) is 1.55. The second-order valence-corrected chi connectivity index (χ2v) is 5.71. The number of aromatic nitrogens is 1. The number of anilines is 1. The quantitative estimate of drug-likeness (QED) is 0.655. The predicted molar refractivity (Wildman–Crippen MR) is 81.4 cm³/mol. The fourth-order valence-corrected chi connectivity index (χ4v) is 2.51. The van der Waals surface area contributed by atoms with Gasteiger partial charge in [0.1, 0.15) is 5.69 Å². The van der Waals surface area contributed by atoms with E-state index in [1.165, 1.54) is 0 Å². The van der Waals surface area contributed by atoms with Crippen molar-refractivity contribution in [3.05, 3.63) is 46.4 Å². The third-order valence-corrected chi connectivity index (χ3v) is 3.80. The number of carbonyl (C=O) groups is 1. The minimum atomic E-state index is -0.0722. The highest BCUT2D eigenvalue weighted by molar-refractivity contribution is 7.09. The summed E-state index contributed by atoms with van der Waals surface area (Å²) >= 11 is 1.65. The van der Waals surface area contributed by atoms with Crippen molar-refractivity contribution in [3.63, 3.8) is 0 Å². The molecule has 3 N–H and O–H groups in total. The number of hydrogen-bond acceptors (Lipinski definition) is 5. The number of nitrogens with one attached hydrogen (secondary N) is 1. The van der Waals surface area contributed by atoms with Crippen molar-refractivity contribution in [1.29, 1.82) is 0 Å². The van der Waals surface area contributed by atoms with Gasteiger partial charge in [0.25, 0.3) is 5.91 Å². The van der Waals surface area contributed by atoms with E-state index in [0.29, 0.717) is 17.9 Å². The molecule has 0 fully saturated rings. The lowest BCUT2D eigenvalue weighted by Crippen LogP contribution is -2.36. The van der Waals surface area contributed by atoms with Crippen molar-refractivity contribution < 1.29 is 4.79 Å². The summed E-state index contributed by atoms with van der Waals surface area (Å²) in [5, 5.41) is 2.01. The van der Waals surface area contributed by atoms with Gasteiger partial charge >= 0.3 is 0 Å². The van der Waals surface area contributed by atoms with Gasteiger partial charge in [0.2, 0.25) is 0 Å². The topological polar surface area (TPSA) is 71.2 Å². The molecule has 106 valence electrons. The maximum atomic E-state index is 12.5.